The highest BCUT2D eigenvalue weighted by molar-refractivity contribution is 5.45. The number of nitrogens with zero attached hydrogens (tertiary/aromatic N) is 2. The second-order valence-corrected chi connectivity index (χ2v) is 4.45. The molecule has 90 valence electrons. The van der Waals surface area contributed by atoms with Crippen molar-refractivity contribution in [3.8, 4) is 6.07 Å². The Hall–Kier alpha value is -1.60. The van der Waals surface area contributed by atoms with Crippen LogP contribution in [0.4, 0.5) is 5.82 Å². The van der Waals surface area contributed by atoms with E-state index in [1.807, 2.05) is 6.92 Å². The van der Waals surface area contributed by atoms with Gasteiger partial charge in [0, 0.05) is 12.8 Å². The zero-order valence-corrected chi connectivity index (χ0v) is 10.2. The molecule has 2 atom stereocenters. The summed E-state index contributed by atoms with van der Waals surface area (Å²) < 4.78 is 5.43. The number of nitrogens with one attached hydrogen (secondary N) is 1. The van der Waals surface area contributed by atoms with E-state index < -0.39 is 0 Å². The molecule has 1 saturated carbocycles. The van der Waals surface area contributed by atoms with Crippen molar-refractivity contribution in [2.45, 2.75) is 38.3 Å². The number of anilines is 1. The monoisotopic (exact) mass is 231 g/mol. The highest BCUT2D eigenvalue weighted by Crippen LogP contribution is 2.24. The molecule has 2 unspecified atom stereocenters. The smallest absolute Gasteiger partial charge is 0.127 e. The molecule has 1 aliphatic carbocycles. The number of aromatic nitrogens is 1. The van der Waals surface area contributed by atoms with Crippen molar-refractivity contribution in [2.24, 2.45) is 0 Å². The predicted molar refractivity (Wildman–Crippen MR) is 65.7 cm³/mol. The molecule has 1 aliphatic rings. The Balaban J connectivity index is 2.13. The van der Waals surface area contributed by atoms with E-state index in [1.165, 1.54) is 6.42 Å². The molecule has 0 spiro atoms. The van der Waals surface area contributed by atoms with E-state index in [0.29, 0.717) is 11.6 Å². The first-order chi connectivity index (χ1) is 8.22. The molecule has 4 heteroatoms. The van der Waals surface area contributed by atoms with Crippen LogP contribution in [-0.2, 0) is 4.74 Å². The van der Waals surface area contributed by atoms with Crippen LogP contribution in [0.5, 0.6) is 0 Å². The molecule has 0 bridgehead atoms. The summed E-state index contributed by atoms with van der Waals surface area (Å²) in [4.78, 5) is 4.40. The number of ether oxygens (including phenoxy) is 1. The Morgan fingerprint density at radius 2 is 2.29 bits per heavy atom. The van der Waals surface area contributed by atoms with Crippen molar-refractivity contribution < 1.29 is 4.74 Å². The molecule has 0 radical (unpaired) electrons. The van der Waals surface area contributed by atoms with Crippen LogP contribution >= 0.6 is 0 Å². The second-order valence-electron chi connectivity index (χ2n) is 4.45. The van der Waals surface area contributed by atoms with Gasteiger partial charge in [0.05, 0.1) is 23.8 Å². The lowest BCUT2D eigenvalue weighted by Crippen LogP contribution is -2.30. The fourth-order valence-electron chi connectivity index (χ4n) is 2.37. The molecule has 0 aliphatic heterocycles. The van der Waals surface area contributed by atoms with E-state index in [1.54, 1.807) is 19.2 Å². The molecular weight excluding hydrogens is 214 g/mol. The number of nitriles is 1. The van der Waals surface area contributed by atoms with Crippen LogP contribution in [0.3, 0.4) is 0 Å². The second kappa shape index (κ2) is 5.15. The van der Waals surface area contributed by atoms with E-state index in [9.17, 15) is 0 Å². The first kappa shape index (κ1) is 11.9. The average Bonchev–Trinajstić information content (AvgIpc) is 2.75. The lowest BCUT2D eigenvalue weighted by Gasteiger charge is -2.20. The minimum Gasteiger partial charge on any atom is -0.379 e. The molecule has 17 heavy (non-hydrogen) atoms. The largest absolute Gasteiger partial charge is 0.379 e. The Morgan fingerprint density at radius 3 is 3.00 bits per heavy atom. The molecule has 0 amide bonds. The quantitative estimate of drug-likeness (QED) is 0.866. The van der Waals surface area contributed by atoms with E-state index in [0.717, 1.165) is 24.4 Å². The number of methoxy groups -OCH3 is 1. The summed E-state index contributed by atoms with van der Waals surface area (Å²) in [5, 5.41) is 12.3. The Bertz CT molecular complexity index is 439. The summed E-state index contributed by atoms with van der Waals surface area (Å²) >= 11 is 0. The molecule has 1 aromatic heterocycles. The minimum atomic E-state index is 0.253. The number of hydrogen-bond acceptors (Lipinski definition) is 4. The lowest BCUT2D eigenvalue weighted by molar-refractivity contribution is 0.101. The SMILES string of the molecule is COC1CCCC1Nc1cc(C#N)cc(C)n1. The Morgan fingerprint density at radius 1 is 1.47 bits per heavy atom. The van der Waals surface area contributed by atoms with E-state index in [4.69, 9.17) is 10.00 Å². The van der Waals surface area contributed by atoms with Gasteiger partial charge in [0.1, 0.15) is 5.82 Å². The molecule has 1 aromatic rings. The Kier molecular flexibility index (Phi) is 3.60. The number of rotatable bonds is 3. The lowest BCUT2D eigenvalue weighted by atomic mass is 10.2. The van der Waals surface area contributed by atoms with Crippen LogP contribution in [0.15, 0.2) is 12.1 Å². The van der Waals surface area contributed by atoms with Crippen molar-refractivity contribution in [3.63, 3.8) is 0 Å². The summed E-state index contributed by atoms with van der Waals surface area (Å²) in [5.41, 5.74) is 1.51. The number of hydrogen-bond donors (Lipinski definition) is 1. The number of aryl methyl sites for hydroxylation is 1. The van der Waals surface area contributed by atoms with Gasteiger partial charge in [0.25, 0.3) is 0 Å². The van der Waals surface area contributed by atoms with Crippen LogP contribution in [0.1, 0.15) is 30.5 Å². The van der Waals surface area contributed by atoms with Crippen molar-refractivity contribution in [3.05, 3.63) is 23.4 Å². The van der Waals surface area contributed by atoms with Gasteiger partial charge in [-0.2, -0.15) is 5.26 Å². The van der Waals surface area contributed by atoms with Gasteiger partial charge in [0.2, 0.25) is 0 Å². The standard InChI is InChI=1S/C13H17N3O/c1-9-6-10(8-14)7-13(15-9)16-11-4-3-5-12(11)17-2/h6-7,11-12H,3-5H2,1-2H3,(H,15,16). The van der Waals surface area contributed by atoms with Gasteiger partial charge in [-0.25, -0.2) is 4.98 Å². The van der Waals surface area contributed by atoms with Crippen LogP contribution in [0.25, 0.3) is 0 Å². The summed E-state index contributed by atoms with van der Waals surface area (Å²) in [6, 6.07) is 6.03. The fraction of sp³-hybridized carbons (Fsp3) is 0.538. The van der Waals surface area contributed by atoms with E-state index in [2.05, 4.69) is 16.4 Å². The fourth-order valence-corrected chi connectivity index (χ4v) is 2.37. The topological polar surface area (TPSA) is 57.9 Å². The van der Waals surface area contributed by atoms with Gasteiger partial charge in [-0.05, 0) is 38.3 Å². The summed E-state index contributed by atoms with van der Waals surface area (Å²) in [6.45, 7) is 1.90. The van der Waals surface area contributed by atoms with Crippen molar-refractivity contribution in [2.75, 3.05) is 12.4 Å². The highest BCUT2D eigenvalue weighted by Gasteiger charge is 2.27. The number of pyridine rings is 1. The maximum absolute atomic E-state index is 8.92. The van der Waals surface area contributed by atoms with Crippen molar-refractivity contribution in [1.82, 2.24) is 4.98 Å². The third-order valence-electron chi connectivity index (χ3n) is 3.17. The summed E-state index contributed by atoms with van der Waals surface area (Å²) in [7, 11) is 1.75. The molecule has 0 saturated heterocycles. The average molecular weight is 231 g/mol. The van der Waals surface area contributed by atoms with Crippen LogP contribution < -0.4 is 5.32 Å². The highest BCUT2D eigenvalue weighted by atomic mass is 16.5. The maximum Gasteiger partial charge on any atom is 0.127 e. The molecular formula is C13H17N3O. The zero-order valence-electron chi connectivity index (χ0n) is 10.2. The molecule has 1 heterocycles. The summed E-state index contributed by atoms with van der Waals surface area (Å²) in [5.74, 6) is 0.774. The maximum atomic E-state index is 8.92. The first-order valence-corrected chi connectivity index (χ1v) is 5.91. The predicted octanol–water partition coefficient (Wildman–Crippen LogP) is 2.24. The zero-order chi connectivity index (χ0) is 12.3. The summed E-state index contributed by atoms with van der Waals surface area (Å²) in [6.07, 6.45) is 3.61. The van der Waals surface area contributed by atoms with Crippen LogP contribution in [0.2, 0.25) is 0 Å². The normalized spacial score (nSPS) is 23.4. The van der Waals surface area contributed by atoms with Crippen molar-refractivity contribution >= 4 is 5.82 Å². The van der Waals surface area contributed by atoms with Crippen LogP contribution in [0, 0.1) is 18.3 Å². The van der Waals surface area contributed by atoms with Gasteiger partial charge in [0.15, 0.2) is 0 Å². The first-order valence-electron chi connectivity index (χ1n) is 5.91. The van der Waals surface area contributed by atoms with E-state index >= 15 is 0 Å². The molecule has 2 rings (SSSR count). The van der Waals surface area contributed by atoms with Crippen LogP contribution in [-0.4, -0.2) is 24.2 Å². The van der Waals surface area contributed by atoms with E-state index in [-0.39, 0.29) is 6.10 Å². The Labute approximate surface area is 102 Å². The minimum absolute atomic E-state index is 0.253. The van der Waals surface area contributed by atoms with Gasteiger partial charge in [-0.15, -0.1) is 0 Å². The third-order valence-corrected chi connectivity index (χ3v) is 3.17. The third kappa shape index (κ3) is 2.75. The van der Waals surface area contributed by atoms with Crippen molar-refractivity contribution in [1.29, 1.82) is 5.26 Å². The van der Waals surface area contributed by atoms with Gasteiger partial charge < -0.3 is 10.1 Å². The molecule has 1 N–H and O–H groups in total. The molecule has 0 aromatic carbocycles. The van der Waals surface area contributed by atoms with Gasteiger partial charge >= 0.3 is 0 Å². The molecule has 1 fully saturated rings. The molecule has 4 nitrogen and oxygen atoms in total. The van der Waals surface area contributed by atoms with Gasteiger partial charge in [-0.1, -0.05) is 0 Å². The van der Waals surface area contributed by atoms with Gasteiger partial charge in [-0.3, -0.25) is 0 Å².